The van der Waals surface area contributed by atoms with Gasteiger partial charge < -0.3 is 5.11 Å². The Labute approximate surface area is 149 Å². The number of hydrogen-bond acceptors (Lipinski definition) is 3. The highest BCUT2D eigenvalue weighted by Crippen LogP contribution is 2.60. The number of anilines is 1. The Kier molecular flexibility index (Phi) is 3.37. The van der Waals surface area contributed by atoms with Crippen LogP contribution in [0.4, 0.5) is 5.69 Å². The van der Waals surface area contributed by atoms with Gasteiger partial charge >= 0.3 is 0 Å². The molecule has 116 valence electrons. The maximum atomic E-state index is 12.8. The molecule has 7 heteroatoms. The third-order valence-electron chi connectivity index (χ3n) is 5.17. The van der Waals surface area contributed by atoms with Gasteiger partial charge in [-0.2, -0.15) is 0 Å². The minimum Gasteiger partial charge on any atom is -0.506 e. The number of benzene rings is 1. The van der Waals surface area contributed by atoms with Gasteiger partial charge in [-0.1, -0.05) is 43.5 Å². The van der Waals surface area contributed by atoms with E-state index in [9.17, 15) is 14.7 Å². The van der Waals surface area contributed by atoms with Gasteiger partial charge in [0.2, 0.25) is 11.8 Å². The van der Waals surface area contributed by atoms with Gasteiger partial charge in [0.1, 0.15) is 5.75 Å². The van der Waals surface area contributed by atoms with Gasteiger partial charge in [-0.05, 0) is 36.5 Å². The summed E-state index contributed by atoms with van der Waals surface area (Å²) in [5.74, 6) is -0.829. The van der Waals surface area contributed by atoms with Crippen LogP contribution in [0.2, 0.25) is 5.02 Å². The summed E-state index contributed by atoms with van der Waals surface area (Å²) < 4.78 is 0. The highest BCUT2D eigenvalue weighted by Gasteiger charge is 2.66. The first-order valence-electron chi connectivity index (χ1n) is 7.06. The van der Waals surface area contributed by atoms with Crippen LogP contribution in [0, 0.1) is 23.7 Å². The minimum atomic E-state index is -0.297. The number of rotatable bonds is 1. The molecule has 22 heavy (non-hydrogen) atoms. The SMILES string of the molecule is O=C1[C@@H]2[C@@H]3C[C@@H]([C@@H](Br)[C@@H]3Br)[C@@H]2C(=O)N1c1cc(Cl)ccc1O. The number of amides is 2. The summed E-state index contributed by atoms with van der Waals surface area (Å²) in [6.45, 7) is 0. The molecular weight excluding hydrogens is 437 g/mol. The second-order valence-corrected chi connectivity index (χ2v) is 8.70. The number of carbonyl (C=O) groups is 2. The first-order chi connectivity index (χ1) is 10.4. The van der Waals surface area contributed by atoms with Crippen LogP contribution < -0.4 is 4.90 Å². The molecule has 1 heterocycles. The molecule has 1 N–H and O–H groups in total. The predicted molar refractivity (Wildman–Crippen MR) is 89.6 cm³/mol. The number of halogens is 3. The first kappa shape index (κ1) is 15.0. The van der Waals surface area contributed by atoms with Crippen molar-refractivity contribution in [2.24, 2.45) is 23.7 Å². The van der Waals surface area contributed by atoms with E-state index in [-0.39, 0.29) is 56.6 Å². The summed E-state index contributed by atoms with van der Waals surface area (Å²) in [4.78, 5) is 27.2. The van der Waals surface area contributed by atoms with Gasteiger partial charge in [0.25, 0.3) is 0 Å². The lowest BCUT2D eigenvalue weighted by Gasteiger charge is -2.28. The average Bonchev–Trinajstić information content (AvgIpc) is 3.07. The fourth-order valence-electron chi connectivity index (χ4n) is 4.26. The molecule has 1 aliphatic heterocycles. The zero-order valence-electron chi connectivity index (χ0n) is 11.2. The van der Waals surface area contributed by atoms with Crippen molar-refractivity contribution < 1.29 is 14.7 Å². The summed E-state index contributed by atoms with van der Waals surface area (Å²) in [7, 11) is 0. The third-order valence-corrected chi connectivity index (χ3v) is 8.61. The number of hydrogen-bond donors (Lipinski definition) is 1. The van der Waals surface area contributed by atoms with Crippen LogP contribution in [0.5, 0.6) is 5.75 Å². The summed E-state index contributed by atoms with van der Waals surface area (Å²) in [6, 6.07) is 4.40. The van der Waals surface area contributed by atoms with Crippen LogP contribution in [-0.2, 0) is 9.59 Å². The number of phenols is 1. The lowest BCUT2D eigenvalue weighted by molar-refractivity contribution is -0.123. The smallest absolute Gasteiger partial charge is 0.238 e. The molecule has 0 spiro atoms. The number of aromatic hydroxyl groups is 1. The maximum absolute atomic E-state index is 12.8. The molecule has 4 rings (SSSR count). The quantitative estimate of drug-likeness (QED) is 0.529. The number of carbonyl (C=O) groups excluding carboxylic acids is 2. The predicted octanol–water partition coefficient (Wildman–Crippen LogP) is 3.33. The first-order valence-corrected chi connectivity index (χ1v) is 9.27. The number of nitrogens with zero attached hydrogens (tertiary/aromatic N) is 1. The molecule has 3 aliphatic rings. The molecule has 3 fully saturated rings. The van der Waals surface area contributed by atoms with E-state index in [1.54, 1.807) is 0 Å². The van der Waals surface area contributed by atoms with E-state index in [0.717, 1.165) is 11.3 Å². The van der Waals surface area contributed by atoms with Crippen LogP contribution in [0.15, 0.2) is 18.2 Å². The molecule has 2 saturated carbocycles. The van der Waals surface area contributed by atoms with Crippen molar-refractivity contribution >= 4 is 61.0 Å². The molecule has 0 unspecified atom stereocenters. The molecular formula is C15H12Br2ClNO3. The van der Waals surface area contributed by atoms with Gasteiger partial charge in [0, 0.05) is 14.7 Å². The monoisotopic (exact) mass is 447 g/mol. The van der Waals surface area contributed by atoms with Crippen molar-refractivity contribution in [3.63, 3.8) is 0 Å². The van der Waals surface area contributed by atoms with E-state index in [1.807, 2.05) is 0 Å². The van der Waals surface area contributed by atoms with Crippen molar-refractivity contribution in [3.8, 4) is 5.75 Å². The molecule has 2 amide bonds. The highest BCUT2D eigenvalue weighted by molar-refractivity contribution is 9.12. The Morgan fingerprint density at radius 1 is 1.09 bits per heavy atom. The van der Waals surface area contributed by atoms with Crippen LogP contribution >= 0.6 is 43.5 Å². The van der Waals surface area contributed by atoms with Crippen molar-refractivity contribution in [1.82, 2.24) is 0 Å². The zero-order chi connectivity index (χ0) is 15.8. The molecule has 6 atom stereocenters. The third kappa shape index (κ3) is 1.80. The Morgan fingerprint density at radius 3 is 2.18 bits per heavy atom. The minimum absolute atomic E-state index is 0.107. The number of phenolic OH excluding ortho intramolecular Hbond substituents is 1. The maximum Gasteiger partial charge on any atom is 0.238 e. The Bertz CT molecular complexity index is 665. The van der Waals surface area contributed by atoms with Crippen LogP contribution in [0.3, 0.4) is 0 Å². The molecule has 1 aromatic carbocycles. The van der Waals surface area contributed by atoms with E-state index in [4.69, 9.17) is 11.6 Å². The van der Waals surface area contributed by atoms with Gasteiger partial charge in [-0.25, -0.2) is 4.90 Å². The molecule has 2 aliphatic carbocycles. The standard InChI is InChI=1S/C15H12Br2ClNO3/c16-12-6-4-7(13(12)17)11-10(6)14(21)19(15(11)22)8-3-5(18)1-2-9(8)20/h1-3,6-7,10-13,20H,4H2/t6-,7+,10+,11-,12-,13-/m1/s1. The Morgan fingerprint density at radius 2 is 1.64 bits per heavy atom. The van der Waals surface area contributed by atoms with Crippen molar-refractivity contribution in [2.75, 3.05) is 4.90 Å². The van der Waals surface area contributed by atoms with E-state index >= 15 is 0 Å². The molecule has 1 aromatic rings. The summed E-state index contributed by atoms with van der Waals surface area (Å²) in [5, 5.41) is 10.4. The van der Waals surface area contributed by atoms with E-state index in [0.29, 0.717) is 5.02 Å². The van der Waals surface area contributed by atoms with E-state index in [2.05, 4.69) is 31.9 Å². The van der Waals surface area contributed by atoms with Crippen molar-refractivity contribution in [3.05, 3.63) is 23.2 Å². The fraction of sp³-hybridized carbons (Fsp3) is 0.467. The highest BCUT2D eigenvalue weighted by atomic mass is 79.9. The number of imide groups is 1. The average molecular weight is 450 g/mol. The number of fused-ring (bicyclic) bond motifs is 5. The summed E-state index contributed by atoms with van der Waals surface area (Å²) in [6.07, 6.45) is 0.883. The Balaban J connectivity index is 1.77. The summed E-state index contributed by atoms with van der Waals surface area (Å²) in [5.41, 5.74) is 0.188. The second-order valence-electron chi connectivity index (χ2n) is 6.15. The topological polar surface area (TPSA) is 57.6 Å². The molecule has 0 radical (unpaired) electrons. The second kappa shape index (κ2) is 4.95. The Hall–Kier alpha value is -0.590. The van der Waals surface area contributed by atoms with Crippen LogP contribution in [-0.4, -0.2) is 26.6 Å². The van der Waals surface area contributed by atoms with Crippen LogP contribution in [0.25, 0.3) is 0 Å². The lowest BCUT2D eigenvalue weighted by Crippen LogP contribution is -2.37. The van der Waals surface area contributed by atoms with Crippen molar-refractivity contribution in [2.45, 2.75) is 16.1 Å². The van der Waals surface area contributed by atoms with Gasteiger partial charge in [0.05, 0.1) is 17.5 Å². The normalized spacial score (nSPS) is 39.7. The summed E-state index contributed by atoms with van der Waals surface area (Å²) >= 11 is 13.2. The van der Waals surface area contributed by atoms with Crippen molar-refractivity contribution in [1.29, 1.82) is 0 Å². The number of alkyl halides is 2. The van der Waals surface area contributed by atoms with Gasteiger partial charge in [-0.3, -0.25) is 9.59 Å². The zero-order valence-corrected chi connectivity index (χ0v) is 15.2. The molecule has 4 nitrogen and oxygen atoms in total. The van der Waals surface area contributed by atoms with Crippen LogP contribution in [0.1, 0.15) is 6.42 Å². The molecule has 0 aromatic heterocycles. The lowest BCUT2D eigenvalue weighted by atomic mass is 9.81. The fourth-order valence-corrected chi connectivity index (χ4v) is 6.30. The molecule has 1 saturated heterocycles. The van der Waals surface area contributed by atoms with E-state index in [1.165, 1.54) is 18.2 Å². The van der Waals surface area contributed by atoms with E-state index < -0.39 is 0 Å². The van der Waals surface area contributed by atoms with Gasteiger partial charge in [-0.15, -0.1) is 0 Å². The van der Waals surface area contributed by atoms with Gasteiger partial charge in [0.15, 0.2) is 0 Å². The molecule has 2 bridgehead atoms. The largest absolute Gasteiger partial charge is 0.506 e.